The molecule has 0 aromatic rings. The van der Waals surface area contributed by atoms with Crippen LogP contribution in [0.25, 0.3) is 0 Å². The van der Waals surface area contributed by atoms with Crippen molar-refractivity contribution in [2.45, 2.75) is 19.1 Å². The molecule has 226 valence electrons. The standard InChI is InChI=1S/C22H41N5O12/c1-2-25(10-18(32)23-7-15(30)13-28)3-4-26(12-20(34)35)5-6-27(9-17(21(36)37)22(38)39)11-19(33)24-8-16(31)14-29/h15-17,28-31H,2-14H2,1H3,(H,23,32)(H,24,33)(H,34,35)(H,36,37)(H,38,39). The summed E-state index contributed by atoms with van der Waals surface area (Å²) in [5.41, 5.74) is 0. The van der Waals surface area contributed by atoms with Gasteiger partial charge in [-0.3, -0.25) is 38.7 Å². The van der Waals surface area contributed by atoms with E-state index >= 15 is 0 Å². The summed E-state index contributed by atoms with van der Waals surface area (Å²) in [4.78, 5) is 62.9. The fourth-order valence-corrected chi connectivity index (χ4v) is 3.24. The molecule has 39 heavy (non-hydrogen) atoms. The highest BCUT2D eigenvalue weighted by Crippen LogP contribution is 2.04. The minimum atomic E-state index is -1.85. The predicted molar refractivity (Wildman–Crippen MR) is 134 cm³/mol. The summed E-state index contributed by atoms with van der Waals surface area (Å²) in [6.45, 7) is -0.434. The van der Waals surface area contributed by atoms with E-state index in [-0.39, 0.29) is 45.8 Å². The summed E-state index contributed by atoms with van der Waals surface area (Å²) in [6.07, 6.45) is -2.32. The first-order valence-corrected chi connectivity index (χ1v) is 12.3. The number of hydrogen-bond donors (Lipinski definition) is 9. The summed E-state index contributed by atoms with van der Waals surface area (Å²) in [6, 6.07) is 0. The number of hydrogen-bond acceptors (Lipinski definition) is 12. The van der Waals surface area contributed by atoms with Crippen LogP contribution in [-0.4, -0.2) is 178 Å². The fourth-order valence-electron chi connectivity index (χ4n) is 3.24. The quantitative estimate of drug-likeness (QED) is 0.0522. The first-order chi connectivity index (χ1) is 18.3. The molecule has 0 heterocycles. The molecule has 0 radical (unpaired) electrons. The van der Waals surface area contributed by atoms with Gasteiger partial charge in [0.25, 0.3) is 0 Å². The largest absolute Gasteiger partial charge is 0.481 e. The second-order valence-corrected chi connectivity index (χ2v) is 8.78. The number of rotatable bonds is 23. The van der Waals surface area contributed by atoms with Crippen molar-refractivity contribution in [3.8, 4) is 0 Å². The maximum atomic E-state index is 12.3. The van der Waals surface area contributed by atoms with Crippen molar-refractivity contribution in [3.05, 3.63) is 0 Å². The van der Waals surface area contributed by atoms with E-state index in [4.69, 9.17) is 10.2 Å². The lowest BCUT2D eigenvalue weighted by molar-refractivity contribution is -0.155. The third kappa shape index (κ3) is 17.3. The van der Waals surface area contributed by atoms with E-state index in [9.17, 15) is 49.5 Å². The molecule has 17 heteroatoms. The molecule has 9 N–H and O–H groups in total. The number of aliphatic hydroxyl groups is 4. The monoisotopic (exact) mass is 567 g/mol. The minimum Gasteiger partial charge on any atom is -0.481 e. The van der Waals surface area contributed by atoms with Crippen LogP contribution in [0.2, 0.25) is 0 Å². The summed E-state index contributed by atoms with van der Waals surface area (Å²) in [7, 11) is 0. The smallest absolute Gasteiger partial charge is 0.319 e. The topological polar surface area (TPSA) is 261 Å². The van der Waals surface area contributed by atoms with E-state index in [1.165, 1.54) is 9.80 Å². The molecule has 0 saturated carbocycles. The lowest BCUT2D eigenvalue weighted by Crippen LogP contribution is -2.48. The van der Waals surface area contributed by atoms with Gasteiger partial charge in [0.15, 0.2) is 5.92 Å². The molecule has 0 saturated heterocycles. The molecule has 2 atom stereocenters. The minimum absolute atomic E-state index is 0.0112. The van der Waals surface area contributed by atoms with Crippen molar-refractivity contribution < 1.29 is 59.7 Å². The van der Waals surface area contributed by atoms with Gasteiger partial charge in [-0.25, -0.2) is 0 Å². The van der Waals surface area contributed by atoms with Gasteiger partial charge in [-0.1, -0.05) is 6.92 Å². The summed E-state index contributed by atoms with van der Waals surface area (Å²) >= 11 is 0. The summed E-state index contributed by atoms with van der Waals surface area (Å²) in [5, 5.41) is 69.0. The molecule has 0 fully saturated rings. The molecule has 0 bridgehead atoms. The van der Waals surface area contributed by atoms with Gasteiger partial charge in [-0.05, 0) is 6.54 Å². The van der Waals surface area contributed by atoms with Crippen LogP contribution in [-0.2, 0) is 24.0 Å². The van der Waals surface area contributed by atoms with Crippen molar-refractivity contribution in [1.82, 2.24) is 25.3 Å². The Kier molecular flexibility index (Phi) is 18.5. The van der Waals surface area contributed by atoms with Crippen LogP contribution >= 0.6 is 0 Å². The molecule has 0 aromatic heterocycles. The number of carboxylic acid groups (broad SMARTS) is 3. The third-order valence-corrected chi connectivity index (χ3v) is 5.53. The fraction of sp³-hybridized carbons (Fsp3) is 0.773. The highest BCUT2D eigenvalue weighted by Gasteiger charge is 2.29. The Balaban J connectivity index is 5.28. The Hall–Kier alpha value is -2.93. The van der Waals surface area contributed by atoms with Crippen LogP contribution in [0.3, 0.4) is 0 Å². The third-order valence-electron chi connectivity index (χ3n) is 5.53. The van der Waals surface area contributed by atoms with Crippen LogP contribution in [0.5, 0.6) is 0 Å². The van der Waals surface area contributed by atoms with Gasteiger partial charge in [0.2, 0.25) is 11.8 Å². The van der Waals surface area contributed by atoms with Crippen LogP contribution < -0.4 is 10.6 Å². The number of aliphatic hydroxyl groups excluding tert-OH is 4. The van der Waals surface area contributed by atoms with Crippen molar-refractivity contribution >= 4 is 29.7 Å². The lowest BCUT2D eigenvalue weighted by atomic mass is 10.1. The van der Waals surface area contributed by atoms with E-state index < -0.39 is 80.7 Å². The van der Waals surface area contributed by atoms with E-state index in [1.54, 1.807) is 11.8 Å². The second-order valence-electron chi connectivity index (χ2n) is 8.78. The number of aliphatic carboxylic acids is 3. The Labute approximate surface area is 225 Å². The second kappa shape index (κ2) is 20.0. The highest BCUT2D eigenvalue weighted by molar-refractivity contribution is 5.93. The summed E-state index contributed by atoms with van der Waals surface area (Å²) in [5.74, 6) is -7.33. The number of carbonyl (C=O) groups is 5. The Morgan fingerprint density at radius 3 is 1.46 bits per heavy atom. The molecule has 0 spiro atoms. The normalized spacial score (nSPS) is 13.1. The van der Waals surface area contributed by atoms with Crippen molar-refractivity contribution in [1.29, 1.82) is 0 Å². The number of nitrogens with one attached hydrogen (secondary N) is 2. The van der Waals surface area contributed by atoms with Crippen molar-refractivity contribution in [2.24, 2.45) is 5.92 Å². The van der Waals surface area contributed by atoms with Crippen LogP contribution in [0.4, 0.5) is 0 Å². The van der Waals surface area contributed by atoms with E-state index in [0.717, 1.165) is 0 Å². The van der Waals surface area contributed by atoms with Gasteiger partial charge in [0, 0.05) is 45.8 Å². The number of nitrogens with zero attached hydrogens (tertiary/aromatic N) is 3. The lowest BCUT2D eigenvalue weighted by Gasteiger charge is -2.29. The van der Waals surface area contributed by atoms with Crippen LogP contribution in [0.15, 0.2) is 0 Å². The van der Waals surface area contributed by atoms with Gasteiger partial charge in [-0.15, -0.1) is 0 Å². The Morgan fingerprint density at radius 1 is 0.667 bits per heavy atom. The van der Waals surface area contributed by atoms with Crippen LogP contribution in [0.1, 0.15) is 6.92 Å². The average molecular weight is 568 g/mol. The summed E-state index contributed by atoms with van der Waals surface area (Å²) < 4.78 is 0. The average Bonchev–Trinajstić information content (AvgIpc) is 2.88. The molecule has 0 aliphatic carbocycles. The zero-order valence-corrected chi connectivity index (χ0v) is 21.9. The van der Waals surface area contributed by atoms with Gasteiger partial charge < -0.3 is 46.4 Å². The van der Waals surface area contributed by atoms with Crippen LogP contribution in [0, 0.1) is 5.92 Å². The van der Waals surface area contributed by atoms with Crippen molar-refractivity contribution in [2.75, 3.05) is 85.2 Å². The number of likely N-dealkylation sites (N-methyl/N-ethyl adjacent to an activating group) is 1. The van der Waals surface area contributed by atoms with Gasteiger partial charge in [0.1, 0.15) is 0 Å². The maximum Gasteiger partial charge on any atom is 0.319 e. The molecule has 0 aromatic carbocycles. The van der Waals surface area contributed by atoms with E-state index in [1.807, 2.05) is 0 Å². The molecule has 0 aliphatic heterocycles. The molecule has 17 nitrogen and oxygen atoms in total. The predicted octanol–water partition coefficient (Wildman–Crippen LogP) is -5.28. The van der Waals surface area contributed by atoms with Crippen molar-refractivity contribution in [3.63, 3.8) is 0 Å². The van der Waals surface area contributed by atoms with Gasteiger partial charge in [0.05, 0.1) is 45.1 Å². The number of amides is 2. The number of carboxylic acids is 3. The first kappa shape index (κ1) is 36.1. The SMILES string of the molecule is CCN(CCN(CCN(CC(=O)NCC(O)CO)CC(C(=O)O)C(=O)O)CC(=O)O)CC(=O)NCC(O)CO. The Bertz CT molecular complexity index is 773. The van der Waals surface area contributed by atoms with E-state index in [2.05, 4.69) is 10.6 Å². The molecule has 0 rings (SSSR count). The van der Waals surface area contributed by atoms with Gasteiger partial charge >= 0.3 is 17.9 Å². The highest BCUT2D eigenvalue weighted by atomic mass is 16.4. The maximum absolute atomic E-state index is 12.3. The molecule has 0 aliphatic rings. The Morgan fingerprint density at radius 2 is 1.08 bits per heavy atom. The molecular weight excluding hydrogens is 526 g/mol. The molecule has 2 amide bonds. The first-order valence-electron chi connectivity index (χ1n) is 12.3. The zero-order chi connectivity index (χ0) is 30.0. The van der Waals surface area contributed by atoms with Gasteiger partial charge in [-0.2, -0.15) is 0 Å². The van der Waals surface area contributed by atoms with E-state index in [0.29, 0.717) is 6.54 Å². The number of carbonyl (C=O) groups excluding carboxylic acids is 2. The molecule has 2 unspecified atom stereocenters. The zero-order valence-electron chi connectivity index (χ0n) is 21.9. The molecular formula is C22H41N5O12.